The normalized spacial score (nSPS) is 12.7. The molecule has 1 aromatic carbocycles. The van der Waals surface area contributed by atoms with Crippen LogP contribution in [0, 0.1) is 5.82 Å². The molecule has 2 heterocycles. The van der Waals surface area contributed by atoms with Crippen LogP contribution in [0.5, 0.6) is 0 Å². The number of nitrogens with zero attached hydrogens (tertiary/aromatic N) is 1. The highest BCUT2D eigenvalue weighted by atomic mass is 32.2. The Balaban J connectivity index is 1.82. The minimum absolute atomic E-state index is 0.147. The number of benzene rings is 1. The van der Waals surface area contributed by atoms with Crippen LogP contribution in [0.3, 0.4) is 0 Å². The van der Waals surface area contributed by atoms with E-state index < -0.39 is 0 Å². The van der Waals surface area contributed by atoms with Crippen molar-refractivity contribution < 1.29 is 4.39 Å². The molecule has 0 amide bonds. The summed E-state index contributed by atoms with van der Waals surface area (Å²) in [5, 5.41) is 0.874. The van der Waals surface area contributed by atoms with Crippen LogP contribution in [0.1, 0.15) is 32.8 Å². The smallest absolute Gasteiger partial charge is 0.127 e. The van der Waals surface area contributed by atoms with Gasteiger partial charge in [0.1, 0.15) is 5.82 Å². The zero-order chi connectivity index (χ0) is 17.1. The number of aromatic nitrogens is 2. The van der Waals surface area contributed by atoms with Gasteiger partial charge in [0.05, 0.1) is 11.4 Å². The van der Waals surface area contributed by atoms with Crippen LogP contribution in [0.2, 0.25) is 0 Å². The van der Waals surface area contributed by atoms with Gasteiger partial charge in [-0.1, -0.05) is 13.8 Å². The quantitative estimate of drug-likeness (QED) is 0.595. The Morgan fingerprint density at radius 1 is 1.25 bits per heavy atom. The Morgan fingerprint density at radius 2 is 2.08 bits per heavy atom. The first-order valence-corrected chi connectivity index (χ1v) is 9.12. The van der Waals surface area contributed by atoms with Crippen LogP contribution in [0.25, 0.3) is 22.3 Å². The maximum absolute atomic E-state index is 13.9. The highest BCUT2D eigenvalue weighted by Gasteiger charge is 2.09. The fourth-order valence-corrected chi connectivity index (χ4v) is 3.20. The third kappa shape index (κ3) is 3.62. The van der Waals surface area contributed by atoms with E-state index in [9.17, 15) is 4.39 Å². The second kappa shape index (κ2) is 7.36. The second-order valence-electron chi connectivity index (χ2n) is 5.98. The summed E-state index contributed by atoms with van der Waals surface area (Å²) in [5.74, 6) is -0.147. The van der Waals surface area contributed by atoms with E-state index in [1.54, 1.807) is 18.0 Å². The molecule has 24 heavy (non-hydrogen) atoms. The molecule has 0 saturated heterocycles. The molecule has 0 spiro atoms. The third-order valence-electron chi connectivity index (χ3n) is 4.17. The number of halogens is 1. The number of hydrogen-bond donors (Lipinski definition) is 2. The molecule has 0 aliphatic heterocycles. The number of fused-ring (bicyclic) bond motifs is 1. The van der Waals surface area contributed by atoms with Crippen molar-refractivity contribution in [3.8, 4) is 11.4 Å². The molecule has 3 nitrogen and oxygen atoms in total. The van der Waals surface area contributed by atoms with Gasteiger partial charge in [-0.15, -0.1) is 0 Å². The lowest BCUT2D eigenvalue weighted by Crippen LogP contribution is -2.17. The Morgan fingerprint density at radius 3 is 2.75 bits per heavy atom. The lowest BCUT2D eigenvalue weighted by molar-refractivity contribution is 0.614. The minimum atomic E-state index is -0.147. The van der Waals surface area contributed by atoms with Gasteiger partial charge in [0, 0.05) is 28.0 Å². The molecule has 126 valence electrons. The first-order valence-electron chi connectivity index (χ1n) is 8.30. The first-order chi connectivity index (χ1) is 11.6. The van der Waals surface area contributed by atoms with Gasteiger partial charge in [-0.25, -0.2) is 4.39 Å². The molecule has 0 radical (unpaired) electrons. The summed E-state index contributed by atoms with van der Waals surface area (Å²) in [5.41, 5.74) is 3.44. The summed E-state index contributed by atoms with van der Waals surface area (Å²) in [6, 6.07) is 9.92. The van der Waals surface area contributed by atoms with Gasteiger partial charge in [-0.3, -0.25) is 9.71 Å². The van der Waals surface area contributed by atoms with Crippen LogP contribution in [-0.2, 0) is 6.42 Å². The molecule has 3 rings (SSSR count). The summed E-state index contributed by atoms with van der Waals surface area (Å²) in [6.45, 7) is 6.27. The summed E-state index contributed by atoms with van der Waals surface area (Å²) >= 11 is 1.60. The lowest BCUT2D eigenvalue weighted by Gasteiger charge is -2.09. The predicted molar refractivity (Wildman–Crippen MR) is 99.6 cm³/mol. The van der Waals surface area contributed by atoms with Crippen molar-refractivity contribution in [3.05, 3.63) is 47.9 Å². The number of hydrogen-bond acceptors (Lipinski definition) is 3. The third-order valence-corrected chi connectivity index (χ3v) is 5.17. The molecule has 2 aromatic heterocycles. The molecular weight excluding hydrogens is 321 g/mol. The van der Waals surface area contributed by atoms with Crippen molar-refractivity contribution in [2.24, 2.45) is 0 Å². The molecule has 0 aliphatic carbocycles. The van der Waals surface area contributed by atoms with E-state index in [2.05, 4.69) is 28.5 Å². The van der Waals surface area contributed by atoms with Gasteiger partial charge in [-0.05, 0) is 67.6 Å². The maximum atomic E-state index is 13.9. The van der Waals surface area contributed by atoms with Gasteiger partial charge in [-0.2, -0.15) is 0 Å². The van der Waals surface area contributed by atoms with Crippen LogP contribution >= 0.6 is 11.9 Å². The van der Waals surface area contributed by atoms with E-state index in [0.717, 1.165) is 39.2 Å². The van der Waals surface area contributed by atoms with E-state index in [1.807, 2.05) is 37.4 Å². The molecule has 0 saturated carbocycles. The molecule has 0 bridgehead atoms. The topological polar surface area (TPSA) is 40.7 Å². The Hall–Kier alpha value is -1.85. The van der Waals surface area contributed by atoms with Crippen molar-refractivity contribution in [2.45, 2.75) is 44.6 Å². The molecule has 0 aliphatic rings. The summed E-state index contributed by atoms with van der Waals surface area (Å²) in [4.78, 5) is 8.95. The summed E-state index contributed by atoms with van der Waals surface area (Å²) in [7, 11) is 0. The Bertz CT molecular complexity index is 826. The van der Waals surface area contributed by atoms with Crippen molar-refractivity contribution in [2.75, 3.05) is 0 Å². The van der Waals surface area contributed by atoms with Crippen LogP contribution in [0.15, 0.2) is 41.4 Å². The molecule has 2 N–H and O–H groups in total. The average Bonchev–Trinajstić information content (AvgIpc) is 3.01. The maximum Gasteiger partial charge on any atom is 0.127 e. The van der Waals surface area contributed by atoms with Crippen molar-refractivity contribution in [1.82, 2.24) is 14.7 Å². The molecule has 1 unspecified atom stereocenters. The van der Waals surface area contributed by atoms with E-state index >= 15 is 0 Å². The Kier molecular flexibility index (Phi) is 5.21. The first kappa shape index (κ1) is 17.0. The zero-order valence-electron chi connectivity index (χ0n) is 14.2. The van der Waals surface area contributed by atoms with Gasteiger partial charge < -0.3 is 4.98 Å². The van der Waals surface area contributed by atoms with Crippen molar-refractivity contribution in [1.29, 1.82) is 0 Å². The zero-order valence-corrected chi connectivity index (χ0v) is 15.0. The van der Waals surface area contributed by atoms with E-state index in [4.69, 9.17) is 0 Å². The van der Waals surface area contributed by atoms with E-state index in [0.29, 0.717) is 12.5 Å². The number of rotatable bonds is 6. The average molecular weight is 343 g/mol. The van der Waals surface area contributed by atoms with Gasteiger partial charge in [0.2, 0.25) is 0 Å². The SMILES string of the molecule is CCc1cc2[nH]c(-c3ccc(SNC(C)CC)cn3)cc2cc1F. The van der Waals surface area contributed by atoms with E-state index in [-0.39, 0.29) is 5.82 Å². The molecular formula is C19H22FN3S. The number of aryl methyl sites for hydroxylation is 1. The largest absolute Gasteiger partial charge is 0.353 e. The summed E-state index contributed by atoms with van der Waals surface area (Å²) in [6.07, 6.45) is 3.63. The molecule has 0 fully saturated rings. The van der Waals surface area contributed by atoms with Crippen molar-refractivity contribution >= 4 is 22.9 Å². The highest BCUT2D eigenvalue weighted by Crippen LogP contribution is 2.26. The number of aromatic amines is 1. The summed E-state index contributed by atoms with van der Waals surface area (Å²) < 4.78 is 17.3. The highest BCUT2D eigenvalue weighted by molar-refractivity contribution is 7.97. The number of pyridine rings is 1. The number of nitrogens with one attached hydrogen (secondary N) is 2. The fraction of sp³-hybridized carbons (Fsp3) is 0.316. The van der Waals surface area contributed by atoms with Crippen LogP contribution in [-0.4, -0.2) is 16.0 Å². The lowest BCUT2D eigenvalue weighted by atomic mass is 10.1. The fourth-order valence-electron chi connectivity index (χ4n) is 2.46. The minimum Gasteiger partial charge on any atom is -0.353 e. The van der Waals surface area contributed by atoms with Crippen molar-refractivity contribution in [3.63, 3.8) is 0 Å². The number of H-pyrrole nitrogens is 1. The monoisotopic (exact) mass is 343 g/mol. The predicted octanol–water partition coefficient (Wildman–Crippen LogP) is 5.33. The van der Waals surface area contributed by atoms with Crippen LogP contribution in [0.4, 0.5) is 4.39 Å². The van der Waals surface area contributed by atoms with Crippen LogP contribution < -0.4 is 4.72 Å². The second-order valence-corrected chi connectivity index (χ2v) is 6.89. The molecule has 1 atom stereocenters. The van der Waals surface area contributed by atoms with Gasteiger partial charge in [0.15, 0.2) is 0 Å². The Labute approximate surface area is 146 Å². The van der Waals surface area contributed by atoms with Gasteiger partial charge in [0.25, 0.3) is 0 Å². The van der Waals surface area contributed by atoms with E-state index in [1.165, 1.54) is 0 Å². The van der Waals surface area contributed by atoms with Gasteiger partial charge >= 0.3 is 0 Å². The standard InChI is InChI=1S/C19H22FN3S/c1-4-12(3)23-24-15-6-7-17(21-11-15)19-10-14-8-16(20)13(5-2)9-18(14)22-19/h6-12,22-23H,4-5H2,1-3H3. The molecule has 5 heteroatoms. The molecule has 3 aromatic rings.